The van der Waals surface area contributed by atoms with Crippen LogP contribution in [0.3, 0.4) is 0 Å². The molecule has 1 fully saturated rings. The summed E-state index contributed by atoms with van der Waals surface area (Å²) in [6.45, 7) is 2.79. The van der Waals surface area contributed by atoms with Gasteiger partial charge in [-0.3, -0.25) is 4.57 Å². The second-order valence-corrected chi connectivity index (χ2v) is 6.80. The summed E-state index contributed by atoms with van der Waals surface area (Å²) >= 11 is 5.84. The number of aliphatic hydroxyl groups excluding tert-OH is 2. The molecule has 4 N–H and O–H groups in total. The van der Waals surface area contributed by atoms with Gasteiger partial charge in [-0.2, -0.15) is 9.97 Å². The van der Waals surface area contributed by atoms with E-state index in [-0.39, 0.29) is 35.5 Å². The van der Waals surface area contributed by atoms with E-state index in [0.717, 1.165) is 0 Å². The first-order valence-electron chi connectivity index (χ1n) is 9.40. The lowest BCUT2D eigenvalue weighted by Crippen LogP contribution is -2.40. The van der Waals surface area contributed by atoms with Gasteiger partial charge < -0.3 is 34.9 Å². The van der Waals surface area contributed by atoms with Crippen LogP contribution in [0.2, 0.25) is 5.28 Å². The predicted octanol–water partition coefficient (Wildman–Crippen LogP) is -0.807. The number of hydrogen-bond donors (Lipinski definition) is 3. The topological polar surface area (TPSA) is 181 Å². The first kappa shape index (κ1) is 23.1. The molecule has 2 aromatic rings. The average molecular weight is 460 g/mol. The van der Waals surface area contributed by atoms with Gasteiger partial charge in [-0.1, -0.05) is 0 Å². The van der Waals surface area contributed by atoms with E-state index in [9.17, 15) is 19.8 Å². The Balaban J connectivity index is 1.76. The van der Waals surface area contributed by atoms with E-state index in [1.807, 2.05) is 0 Å². The number of fused-ring (bicyclic) bond motifs is 1. The number of aliphatic hydroxyl groups is 2. The number of hydrogen-bond acceptors (Lipinski definition) is 12. The Labute approximate surface area is 181 Å². The third kappa shape index (κ3) is 4.70. The van der Waals surface area contributed by atoms with Gasteiger partial charge in [-0.05, 0) is 25.4 Å². The number of esters is 2. The van der Waals surface area contributed by atoms with Crippen molar-refractivity contribution in [2.75, 3.05) is 25.6 Å². The summed E-state index contributed by atoms with van der Waals surface area (Å²) in [4.78, 5) is 36.0. The maximum atomic E-state index is 12.0. The van der Waals surface area contributed by atoms with Crippen LogP contribution in [0.4, 0.5) is 5.82 Å². The van der Waals surface area contributed by atoms with E-state index in [2.05, 4.69) is 15.0 Å². The van der Waals surface area contributed by atoms with Gasteiger partial charge in [-0.25, -0.2) is 14.6 Å². The summed E-state index contributed by atoms with van der Waals surface area (Å²) in [6, 6.07) is 0. The predicted molar refractivity (Wildman–Crippen MR) is 104 cm³/mol. The Kier molecular flexibility index (Phi) is 7.23. The van der Waals surface area contributed by atoms with Crippen molar-refractivity contribution in [2.45, 2.75) is 44.5 Å². The van der Waals surface area contributed by atoms with Crippen LogP contribution in [0.1, 0.15) is 20.1 Å². The van der Waals surface area contributed by atoms with Gasteiger partial charge in [0.2, 0.25) is 5.28 Å². The summed E-state index contributed by atoms with van der Waals surface area (Å²) < 4.78 is 22.0. The summed E-state index contributed by atoms with van der Waals surface area (Å²) in [5.41, 5.74) is 6.20. The highest BCUT2D eigenvalue weighted by atomic mass is 35.5. The maximum absolute atomic E-state index is 12.0. The van der Waals surface area contributed by atoms with Crippen LogP contribution in [0.15, 0.2) is 6.33 Å². The second kappa shape index (κ2) is 9.70. The fraction of sp³-hybridized carbons (Fsp3) is 0.588. The van der Waals surface area contributed by atoms with Gasteiger partial charge in [0.05, 0.1) is 26.1 Å². The van der Waals surface area contributed by atoms with Crippen molar-refractivity contribution in [3.63, 3.8) is 0 Å². The molecule has 1 aliphatic rings. The van der Waals surface area contributed by atoms with E-state index >= 15 is 0 Å². The molecule has 0 saturated carbocycles. The van der Waals surface area contributed by atoms with Crippen LogP contribution in [0.5, 0.6) is 0 Å². The lowest BCUT2D eigenvalue weighted by molar-refractivity contribution is -0.177. The monoisotopic (exact) mass is 459 g/mol. The fourth-order valence-corrected chi connectivity index (χ4v) is 3.22. The smallest absolute Gasteiger partial charge is 0.347 e. The number of anilines is 1. The first-order chi connectivity index (χ1) is 14.8. The Morgan fingerprint density at radius 3 is 2.48 bits per heavy atom. The van der Waals surface area contributed by atoms with Gasteiger partial charge in [0, 0.05) is 0 Å². The van der Waals surface area contributed by atoms with Crippen molar-refractivity contribution in [3.8, 4) is 0 Å². The number of nitrogens with zero attached hydrogens (tertiary/aromatic N) is 4. The molecule has 0 aliphatic carbocycles. The zero-order chi connectivity index (χ0) is 22.7. The van der Waals surface area contributed by atoms with E-state index in [4.69, 9.17) is 36.3 Å². The highest BCUT2D eigenvalue weighted by molar-refractivity contribution is 6.28. The minimum absolute atomic E-state index is 0.0304. The van der Waals surface area contributed by atoms with E-state index in [1.54, 1.807) is 13.8 Å². The summed E-state index contributed by atoms with van der Waals surface area (Å²) in [5, 5.41) is 20.7. The molecule has 170 valence electrons. The standard InChI is InChI=1S/C17H22ClN5O8/c1-3-28-15(26)11(16(27)29-4-2)30-5-7-9(24)10(25)14(31-7)23-6-20-8-12(19)21-17(18)22-13(8)23/h6-7,9-11,14,24-25H,3-5H2,1-2H3,(H2,19,21,22)/t7-,9-,10-,14-/m1/s1. The summed E-state index contributed by atoms with van der Waals surface area (Å²) in [6.07, 6.45) is -5.41. The van der Waals surface area contributed by atoms with Crippen molar-refractivity contribution < 1.29 is 38.7 Å². The molecule has 0 spiro atoms. The molecule has 0 bridgehead atoms. The zero-order valence-electron chi connectivity index (χ0n) is 16.7. The molecular formula is C17H22ClN5O8. The van der Waals surface area contributed by atoms with Gasteiger partial charge >= 0.3 is 11.9 Å². The highest BCUT2D eigenvalue weighted by Crippen LogP contribution is 2.32. The highest BCUT2D eigenvalue weighted by Gasteiger charge is 2.45. The van der Waals surface area contributed by atoms with Crippen LogP contribution in [-0.2, 0) is 28.5 Å². The number of carbonyl (C=O) groups is 2. The number of imidazole rings is 1. The van der Waals surface area contributed by atoms with Crippen molar-refractivity contribution in [1.29, 1.82) is 0 Å². The van der Waals surface area contributed by atoms with Gasteiger partial charge in [0.25, 0.3) is 6.10 Å². The van der Waals surface area contributed by atoms with Crippen molar-refractivity contribution >= 4 is 40.5 Å². The molecule has 14 heteroatoms. The Hall–Kier alpha value is -2.58. The van der Waals surface area contributed by atoms with Gasteiger partial charge in [-0.15, -0.1) is 0 Å². The van der Waals surface area contributed by atoms with Crippen LogP contribution < -0.4 is 5.73 Å². The Bertz CT molecular complexity index is 938. The van der Waals surface area contributed by atoms with E-state index in [0.29, 0.717) is 0 Å². The Morgan fingerprint density at radius 1 is 1.23 bits per heavy atom. The lowest BCUT2D eigenvalue weighted by atomic mass is 10.1. The maximum Gasteiger partial charge on any atom is 0.347 e. The number of rotatable bonds is 8. The Morgan fingerprint density at radius 2 is 1.87 bits per heavy atom. The molecule has 1 aliphatic heterocycles. The molecule has 2 aromatic heterocycles. The minimum atomic E-state index is -1.66. The third-order valence-corrected chi connectivity index (χ3v) is 4.63. The van der Waals surface area contributed by atoms with Gasteiger partial charge in [0.15, 0.2) is 17.7 Å². The quantitative estimate of drug-likeness (QED) is 0.254. The number of nitrogens with two attached hydrogens (primary N) is 1. The van der Waals surface area contributed by atoms with Crippen LogP contribution in [0, 0.1) is 0 Å². The summed E-state index contributed by atoms with van der Waals surface area (Å²) in [7, 11) is 0. The fourth-order valence-electron chi connectivity index (χ4n) is 3.05. The van der Waals surface area contributed by atoms with E-state index in [1.165, 1.54) is 10.9 Å². The SMILES string of the molecule is CCOC(=O)C(OC[C@H]1O[C@@H](n2cnc3c(N)nc(Cl)nc32)[C@H](O)[C@@H]1O)C(=O)OCC. The molecule has 3 heterocycles. The second-order valence-electron chi connectivity index (χ2n) is 6.47. The molecule has 31 heavy (non-hydrogen) atoms. The molecular weight excluding hydrogens is 438 g/mol. The third-order valence-electron chi connectivity index (χ3n) is 4.46. The first-order valence-corrected chi connectivity index (χ1v) is 9.78. The number of aromatic nitrogens is 4. The van der Waals surface area contributed by atoms with Crippen LogP contribution in [-0.4, -0.2) is 85.9 Å². The summed E-state index contributed by atoms with van der Waals surface area (Å²) in [5.74, 6) is -1.84. The molecule has 3 rings (SSSR count). The largest absolute Gasteiger partial charge is 0.464 e. The number of nitrogen functional groups attached to an aromatic ring is 1. The van der Waals surface area contributed by atoms with Crippen molar-refractivity contribution in [2.24, 2.45) is 0 Å². The van der Waals surface area contributed by atoms with Crippen LogP contribution in [0.25, 0.3) is 11.2 Å². The van der Waals surface area contributed by atoms with Crippen molar-refractivity contribution in [1.82, 2.24) is 19.5 Å². The zero-order valence-corrected chi connectivity index (χ0v) is 17.4. The normalized spacial score (nSPS) is 23.4. The number of ether oxygens (including phenoxy) is 4. The lowest BCUT2D eigenvalue weighted by Gasteiger charge is -2.19. The minimum Gasteiger partial charge on any atom is -0.464 e. The average Bonchev–Trinajstić information content (AvgIpc) is 3.24. The van der Waals surface area contributed by atoms with E-state index < -0.39 is 49.2 Å². The van der Waals surface area contributed by atoms with Crippen LogP contribution >= 0.6 is 11.6 Å². The molecule has 0 radical (unpaired) electrons. The molecule has 13 nitrogen and oxygen atoms in total. The van der Waals surface area contributed by atoms with Crippen molar-refractivity contribution in [3.05, 3.63) is 11.6 Å². The molecule has 4 atom stereocenters. The number of halogens is 1. The molecule has 0 amide bonds. The van der Waals surface area contributed by atoms with Gasteiger partial charge in [0.1, 0.15) is 23.8 Å². The molecule has 0 unspecified atom stereocenters. The number of carbonyl (C=O) groups excluding carboxylic acids is 2. The molecule has 1 saturated heterocycles. The molecule has 0 aromatic carbocycles.